The summed E-state index contributed by atoms with van der Waals surface area (Å²) in [5.41, 5.74) is 1.84. The van der Waals surface area contributed by atoms with Crippen molar-refractivity contribution in [2.75, 3.05) is 5.32 Å². The Morgan fingerprint density at radius 1 is 1.39 bits per heavy atom. The van der Waals surface area contributed by atoms with E-state index in [1.54, 1.807) is 12.1 Å². The van der Waals surface area contributed by atoms with Crippen LogP contribution in [0.1, 0.15) is 38.2 Å². The summed E-state index contributed by atoms with van der Waals surface area (Å²) >= 11 is 0. The second kappa shape index (κ2) is 5.38. The van der Waals surface area contributed by atoms with Crippen molar-refractivity contribution in [1.82, 2.24) is 0 Å². The van der Waals surface area contributed by atoms with Gasteiger partial charge in [-0.3, -0.25) is 10.1 Å². The van der Waals surface area contributed by atoms with Crippen LogP contribution in [0.15, 0.2) is 18.2 Å². The molecule has 0 aliphatic heterocycles. The molecular formula is C14H20N2O2. The minimum Gasteiger partial charge on any atom is -0.382 e. The molecule has 4 nitrogen and oxygen atoms in total. The Balaban J connectivity index is 2.14. The summed E-state index contributed by atoms with van der Waals surface area (Å²) < 4.78 is 0. The van der Waals surface area contributed by atoms with Crippen molar-refractivity contribution in [3.63, 3.8) is 0 Å². The van der Waals surface area contributed by atoms with Crippen LogP contribution in [0.5, 0.6) is 0 Å². The molecule has 1 N–H and O–H groups in total. The lowest BCUT2D eigenvalue weighted by atomic mass is 9.87. The summed E-state index contributed by atoms with van der Waals surface area (Å²) in [6.45, 7) is 4.08. The molecule has 1 saturated carbocycles. The summed E-state index contributed by atoms with van der Waals surface area (Å²) in [5.74, 6) is 0.746. The molecule has 18 heavy (non-hydrogen) atoms. The molecule has 1 aromatic carbocycles. The van der Waals surface area contributed by atoms with E-state index in [4.69, 9.17) is 0 Å². The molecule has 4 heteroatoms. The average molecular weight is 248 g/mol. The molecule has 1 aromatic rings. The molecule has 1 fully saturated rings. The number of nitro benzene ring substituents is 1. The van der Waals surface area contributed by atoms with Crippen LogP contribution < -0.4 is 5.32 Å². The van der Waals surface area contributed by atoms with E-state index in [9.17, 15) is 10.1 Å². The first kappa shape index (κ1) is 12.9. The number of nitrogens with one attached hydrogen (secondary N) is 1. The van der Waals surface area contributed by atoms with E-state index in [0.717, 1.165) is 30.0 Å². The summed E-state index contributed by atoms with van der Waals surface area (Å²) in [5, 5.41) is 14.4. The first-order valence-electron chi connectivity index (χ1n) is 6.58. The third-order valence-electron chi connectivity index (χ3n) is 3.80. The van der Waals surface area contributed by atoms with Gasteiger partial charge in [0.05, 0.1) is 4.92 Å². The van der Waals surface area contributed by atoms with Gasteiger partial charge in [-0.15, -0.1) is 0 Å². The third kappa shape index (κ3) is 2.81. The van der Waals surface area contributed by atoms with Crippen LogP contribution in [-0.4, -0.2) is 11.0 Å². The minimum absolute atomic E-state index is 0.198. The zero-order valence-electron chi connectivity index (χ0n) is 11.0. The van der Waals surface area contributed by atoms with Gasteiger partial charge in [0.1, 0.15) is 0 Å². The Hall–Kier alpha value is -1.58. The predicted molar refractivity (Wildman–Crippen MR) is 72.9 cm³/mol. The van der Waals surface area contributed by atoms with Gasteiger partial charge < -0.3 is 5.32 Å². The first-order valence-corrected chi connectivity index (χ1v) is 6.58. The van der Waals surface area contributed by atoms with Crippen LogP contribution in [0.4, 0.5) is 11.4 Å². The highest BCUT2D eigenvalue weighted by Crippen LogP contribution is 2.30. The van der Waals surface area contributed by atoms with E-state index < -0.39 is 0 Å². The monoisotopic (exact) mass is 248 g/mol. The second-order valence-electron chi connectivity index (χ2n) is 5.32. The SMILES string of the molecule is Cc1c(NC2CCCC(C)C2)cccc1[N+](=O)[O-]. The largest absolute Gasteiger partial charge is 0.382 e. The molecule has 0 spiro atoms. The number of hydrogen-bond acceptors (Lipinski definition) is 3. The lowest BCUT2D eigenvalue weighted by molar-refractivity contribution is -0.385. The highest BCUT2D eigenvalue weighted by molar-refractivity contribution is 5.60. The van der Waals surface area contributed by atoms with Crippen molar-refractivity contribution in [2.45, 2.75) is 45.6 Å². The summed E-state index contributed by atoms with van der Waals surface area (Å²) in [6, 6.07) is 5.69. The molecule has 0 bridgehead atoms. The van der Waals surface area contributed by atoms with Gasteiger partial charge >= 0.3 is 0 Å². The smallest absolute Gasteiger partial charge is 0.274 e. The fourth-order valence-electron chi connectivity index (χ4n) is 2.76. The second-order valence-corrected chi connectivity index (χ2v) is 5.32. The molecule has 0 saturated heterocycles. The van der Waals surface area contributed by atoms with Crippen molar-refractivity contribution in [2.24, 2.45) is 5.92 Å². The fourth-order valence-corrected chi connectivity index (χ4v) is 2.76. The third-order valence-corrected chi connectivity index (χ3v) is 3.80. The minimum atomic E-state index is -0.315. The zero-order chi connectivity index (χ0) is 13.1. The van der Waals surface area contributed by atoms with Crippen molar-refractivity contribution >= 4 is 11.4 Å². The zero-order valence-corrected chi connectivity index (χ0v) is 11.0. The summed E-state index contributed by atoms with van der Waals surface area (Å²) in [7, 11) is 0. The van der Waals surface area contributed by atoms with Crippen molar-refractivity contribution in [1.29, 1.82) is 0 Å². The van der Waals surface area contributed by atoms with E-state index in [1.807, 2.05) is 13.0 Å². The molecule has 0 radical (unpaired) electrons. The van der Waals surface area contributed by atoms with Gasteiger partial charge in [-0.2, -0.15) is 0 Å². The molecule has 0 heterocycles. The Morgan fingerprint density at radius 2 is 2.17 bits per heavy atom. The Kier molecular flexibility index (Phi) is 3.84. The van der Waals surface area contributed by atoms with Gasteiger partial charge in [0.15, 0.2) is 0 Å². The molecule has 2 atom stereocenters. The molecule has 0 amide bonds. The van der Waals surface area contributed by atoms with E-state index >= 15 is 0 Å². The maximum absolute atomic E-state index is 10.9. The van der Waals surface area contributed by atoms with Crippen LogP contribution in [0.25, 0.3) is 0 Å². The quantitative estimate of drug-likeness (QED) is 0.652. The normalized spacial score (nSPS) is 23.7. The van der Waals surface area contributed by atoms with Crippen molar-refractivity contribution in [3.05, 3.63) is 33.9 Å². The van der Waals surface area contributed by atoms with Gasteiger partial charge in [0.2, 0.25) is 0 Å². The van der Waals surface area contributed by atoms with Crippen LogP contribution in [0.3, 0.4) is 0 Å². The van der Waals surface area contributed by atoms with Crippen LogP contribution in [0.2, 0.25) is 0 Å². The van der Waals surface area contributed by atoms with E-state index in [2.05, 4.69) is 12.2 Å². The fraction of sp³-hybridized carbons (Fsp3) is 0.571. The average Bonchev–Trinajstić information content (AvgIpc) is 2.31. The Labute approximate surface area is 108 Å². The first-order chi connectivity index (χ1) is 8.58. The predicted octanol–water partition coefficient (Wildman–Crippen LogP) is 3.89. The number of rotatable bonds is 3. The van der Waals surface area contributed by atoms with E-state index in [-0.39, 0.29) is 10.6 Å². The van der Waals surface area contributed by atoms with Crippen molar-refractivity contribution < 1.29 is 4.92 Å². The van der Waals surface area contributed by atoms with Gasteiger partial charge in [0, 0.05) is 23.4 Å². The number of hydrogen-bond donors (Lipinski definition) is 1. The number of benzene rings is 1. The lowest BCUT2D eigenvalue weighted by Crippen LogP contribution is -2.26. The van der Waals surface area contributed by atoms with Crippen LogP contribution in [0, 0.1) is 23.0 Å². The molecule has 1 aliphatic rings. The van der Waals surface area contributed by atoms with Crippen LogP contribution in [-0.2, 0) is 0 Å². The maximum atomic E-state index is 10.9. The number of anilines is 1. The molecule has 1 aliphatic carbocycles. The molecule has 2 rings (SSSR count). The standard InChI is InChI=1S/C14H20N2O2/c1-10-5-3-6-12(9-10)15-13-7-4-8-14(11(13)2)16(17)18/h4,7-8,10,12,15H,3,5-6,9H2,1-2H3. The summed E-state index contributed by atoms with van der Waals surface area (Å²) in [6.07, 6.45) is 4.85. The van der Waals surface area contributed by atoms with E-state index in [1.165, 1.54) is 12.8 Å². The lowest BCUT2D eigenvalue weighted by Gasteiger charge is -2.28. The topological polar surface area (TPSA) is 55.2 Å². The molecule has 98 valence electrons. The Bertz CT molecular complexity index is 445. The van der Waals surface area contributed by atoms with Crippen molar-refractivity contribution in [3.8, 4) is 0 Å². The molecular weight excluding hydrogens is 228 g/mol. The number of nitro groups is 1. The van der Waals surface area contributed by atoms with Crippen LogP contribution >= 0.6 is 0 Å². The highest BCUT2D eigenvalue weighted by Gasteiger charge is 2.20. The molecule has 2 unspecified atom stereocenters. The molecule has 0 aromatic heterocycles. The summed E-state index contributed by atoms with van der Waals surface area (Å²) in [4.78, 5) is 10.6. The van der Waals surface area contributed by atoms with Gasteiger partial charge in [-0.05, 0) is 31.7 Å². The maximum Gasteiger partial charge on any atom is 0.274 e. The van der Waals surface area contributed by atoms with Gasteiger partial charge in [0.25, 0.3) is 5.69 Å². The highest BCUT2D eigenvalue weighted by atomic mass is 16.6. The number of nitrogens with zero attached hydrogens (tertiary/aromatic N) is 1. The van der Waals surface area contributed by atoms with Gasteiger partial charge in [-0.25, -0.2) is 0 Å². The van der Waals surface area contributed by atoms with E-state index in [0.29, 0.717) is 6.04 Å². The Morgan fingerprint density at radius 3 is 2.83 bits per heavy atom. The van der Waals surface area contributed by atoms with Gasteiger partial charge in [-0.1, -0.05) is 25.8 Å².